The molecule has 0 atom stereocenters. The van der Waals surface area contributed by atoms with Crippen LogP contribution in [0.5, 0.6) is 0 Å². The maximum atomic E-state index is 13.3. The molecule has 0 spiro atoms. The molecule has 1 amide bonds. The highest BCUT2D eigenvalue weighted by atomic mass is 35.5. The van der Waals surface area contributed by atoms with E-state index in [4.69, 9.17) is 23.2 Å². The van der Waals surface area contributed by atoms with Crippen LogP contribution in [0.2, 0.25) is 10.0 Å². The topological polar surface area (TPSA) is 54.0 Å². The first-order chi connectivity index (χ1) is 10.0. The Labute approximate surface area is 131 Å². The molecule has 2 aromatic rings. The van der Waals surface area contributed by atoms with E-state index >= 15 is 0 Å². The van der Waals surface area contributed by atoms with E-state index in [1.807, 2.05) is 6.92 Å². The summed E-state index contributed by atoms with van der Waals surface area (Å²) in [6.45, 7) is 2.57. The average Bonchev–Trinajstić information content (AvgIpc) is 2.45. The van der Waals surface area contributed by atoms with Gasteiger partial charge in [-0.05, 0) is 37.3 Å². The number of carbonyl (C=O) groups is 1. The van der Waals surface area contributed by atoms with Gasteiger partial charge in [0.15, 0.2) is 0 Å². The summed E-state index contributed by atoms with van der Waals surface area (Å²) in [5.41, 5.74) is 0.332. The minimum absolute atomic E-state index is 0.0155. The molecule has 0 radical (unpaired) electrons. The summed E-state index contributed by atoms with van der Waals surface area (Å²) >= 11 is 11.6. The molecule has 1 heterocycles. The van der Waals surface area contributed by atoms with Gasteiger partial charge < -0.3 is 10.6 Å². The van der Waals surface area contributed by atoms with Gasteiger partial charge in [0.05, 0.1) is 10.0 Å². The lowest BCUT2D eigenvalue weighted by Crippen LogP contribution is -2.15. The van der Waals surface area contributed by atoms with Crippen LogP contribution in [0.25, 0.3) is 0 Å². The van der Waals surface area contributed by atoms with Crippen molar-refractivity contribution >= 4 is 40.6 Å². The van der Waals surface area contributed by atoms with Crippen molar-refractivity contribution in [1.82, 2.24) is 4.98 Å². The fourth-order valence-corrected chi connectivity index (χ4v) is 1.95. The van der Waals surface area contributed by atoms with Crippen molar-refractivity contribution in [2.75, 3.05) is 17.2 Å². The maximum absolute atomic E-state index is 13.3. The Bertz CT molecular complexity index is 679. The lowest BCUT2D eigenvalue weighted by Gasteiger charge is -2.09. The summed E-state index contributed by atoms with van der Waals surface area (Å²) < 4.78 is 13.3. The number of rotatable bonds is 4. The summed E-state index contributed by atoms with van der Waals surface area (Å²) in [4.78, 5) is 16.3. The van der Waals surface area contributed by atoms with Crippen molar-refractivity contribution in [2.24, 2.45) is 0 Å². The molecule has 1 aromatic carbocycles. The Morgan fingerprint density at radius 2 is 1.95 bits per heavy atom. The van der Waals surface area contributed by atoms with E-state index in [-0.39, 0.29) is 21.4 Å². The zero-order valence-corrected chi connectivity index (χ0v) is 12.6. The predicted molar refractivity (Wildman–Crippen MR) is 82.8 cm³/mol. The summed E-state index contributed by atoms with van der Waals surface area (Å²) in [5.74, 6) is -0.606. The van der Waals surface area contributed by atoms with E-state index < -0.39 is 11.7 Å². The zero-order valence-electron chi connectivity index (χ0n) is 11.1. The van der Waals surface area contributed by atoms with Crippen LogP contribution in [0.15, 0.2) is 30.3 Å². The molecule has 0 aliphatic heterocycles. The van der Waals surface area contributed by atoms with Crippen molar-refractivity contribution in [3.63, 3.8) is 0 Å². The normalized spacial score (nSPS) is 10.3. The van der Waals surface area contributed by atoms with Gasteiger partial charge in [-0.2, -0.15) is 0 Å². The van der Waals surface area contributed by atoms with Crippen LogP contribution in [0.1, 0.15) is 17.4 Å². The highest BCUT2D eigenvalue weighted by Gasteiger charge is 2.14. The molecule has 0 unspecified atom stereocenters. The summed E-state index contributed by atoms with van der Waals surface area (Å²) in [6.07, 6.45) is 0. The second kappa shape index (κ2) is 6.74. The van der Waals surface area contributed by atoms with Crippen molar-refractivity contribution in [1.29, 1.82) is 0 Å². The molecule has 7 heteroatoms. The van der Waals surface area contributed by atoms with Gasteiger partial charge >= 0.3 is 0 Å². The van der Waals surface area contributed by atoms with Crippen LogP contribution < -0.4 is 10.6 Å². The number of anilines is 2. The molecular formula is C14H12Cl2FN3O. The van der Waals surface area contributed by atoms with E-state index in [0.717, 1.165) is 6.07 Å². The van der Waals surface area contributed by atoms with Crippen LogP contribution in [0.4, 0.5) is 15.9 Å². The average molecular weight is 328 g/mol. The minimum atomic E-state index is -0.616. The number of amides is 1. The van der Waals surface area contributed by atoms with E-state index in [1.54, 1.807) is 12.1 Å². The Hall–Kier alpha value is -1.85. The van der Waals surface area contributed by atoms with Gasteiger partial charge in [0.1, 0.15) is 17.3 Å². The Kier molecular flexibility index (Phi) is 4.98. The molecular weight excluding hydrogens is 316 g/mol. The molecule has 2 rings (SSSR count). The van der Waals surface area contributed by atoms with E-state index in [9.17, 15) is 9.18 Å². The summed E-state index contributed by atoms with van der Waals surface area (Å²) in [7, 11) is 0. The standard InChI is InChI=1S/C14H12Cl2FN3O/c1-2-18-12-6-5-10(16)13(20-12)14(21)19-8-3-4-9(15)11(17)7-8/h3-7H,2H2,1H3,(H,18,20)(H,19,21). The van der Waals surface area contributed by atoms with Gasteiger partial charge in [0, 0.05) is 12.2 Å². The number of hydrogen-bond donors (Lipinski definition) is 2. The number of carbonyl (C=O) groups excluding carboxylic acids is 1. The number of aromatic nitrogens is 1. The van der Waals surface area contributed by atoms with Crippen molar-refractivity contribution < 1.29 is 9.18 Å². The second-order valence-corrected chi connectivity index (χ2v) is 4.95. The molecule has 0 saturated carbocycles. The van der Waals surface area contributed by atoms with Crippen LogP contribution in [0.3, 0.4) is 0 Å². The quantitative estimate of drug-likeness (QED) is 0.884. The lowest BCUT2D eigenvalue weighted by molar-refractivity contribution is 0.102. The lowest BCUT2D eigenvalue weighted by atomic mass is 10.2. The van der Waals surface area contributed by atoms with Crippen molar-refractivity contribution in [2.45, 2.75) is 6.92 Å². The molecule has 110 valence electrons. The fraction of sp³-hybridized carbons (Fsp3) is 0.143. The molecule has 21 heavy (non-hydrogen) atoms. The SMILES string of the molecule is CCNc1ccc(Cl)c(C(=O)Nc2ccc(Cl)c(F)c2)n1. The van der Waals surface area contributed by atoms with Crippen LogP contribution >= 0.6 is 23.2 Å². The Morgan fingerprint density at radius 3 is 2.62 bits per heavy atom. The molecule has 0 bridgehead atoms. The molecule has 2 N–H and O–H groups in total. The highest BCUT2D eigenvalue weighted by molar-refractivity contribution is 6.34. The summed E-state index contributed by atoms with van der Waals surface area (Å²) in [5, 5.41) is 5.70. The summed E-state index contributed by atoms with van der Waals surface area (Å²) in [6, 6.07) is 7.22. The van der Waals surface area contributed by atoms with E-state index in [2.05, 4.69) is 15.6 Å². The number of nitrogens with one attached hydrogen (secondary N) is 2. The van der Waals surface area contributed by atoms with Gasteiger partial charge in [0.2, 0.25) is 0 Å². The smallest absolute Gasteiger partial charge is 0.275 e. The van der Waals surface area contributed by atoms with E-state index in [0.29, 0.717) is 12.4 Å². The van der Waals surface area contributed by atoms with Crippen LogP contribution in [-0.2, 0) is 0 Å². The van der Waals surface area contributed by atoms with Crippen molar-refractivity contribution in [3.05, 3.63) is 51.9 Å². The maximum Gasteiger partial charge on any atom is 0.275 e. The molecule has 1 aromatic heterocycles. The first-order valence-corrected chi connectivity index (χ1v) is 6.93. The monoisotopic (exact) mass is 327 g/mol. The number of nitrogens with zero attached hydrogens (tertiary/aromatic N) is 1. The molecule has 0 aliphatic carbocycles. The van der Waals surface area contributed by atoms with Gasteiger partial charge in [0.25, 0.3) is 5.91 Å². The Balaban J connectivity index is 2.23. The van der Waals surface area contributed by atoms with Gasteiger partial charge in [-0.3, -0.25) is 4.79 Å². The zero-order chi connectivity index (χ0) is 15.4. The van der Waals surface area contributed by atoms with E-state index in [1.165, 1.54) is 12.1 Å². The van der Waals surface area contributed by atoms with Crippen LogP contribution in [0, 0.1) is 5.82 Å². The fourth-order valence-electron chi connectivity index (χ4n) is 1.65. The Morgan fingerprint density at radius 1 is 1.24 bits per heavy atom. The molecule has 0 fully saturated rings. The molecule has 0 saturated heterocycles. The third-order valence-corrected chi connectivity index (χ3v) is 3.21. The first-order valence-electron chi connectivity index (χ1n) is 6.18. The molecule has 4 nitrogen and oxygen atoms in total. The third kappa shape index (κ3) is 3.83. The minimum Gasteiger partial charge on any atom is -0.370 e. The number of halogens is 3. The van der Waals surface area contributed by atoms with Crippen molar-refractivity contribution in [3.8, 4) is 0 Å². The van der Waals surface area contributed by atoms with Gasteiger partial charge in [-0.1, -0.05) is 23.2 Å². The molecule has 0 aliphatic rings. The number of pyridine rings is 1. The largest absolute Gasteiger partial charge is 0.370 e. The van der Waals surface area contributed by atoms with Gasteiger partial charge in [-0.25, -0.2) is 9.37 Å². The van der Waals surface area contributed by atoms with Gasteiger partial charge in [-0.15, -0.1) is 0 Å². The number of hydrogen-bond acceptors (Lipinski definition) is 3. The van der Waals surface area contributed by atoms with Crippen LogP contribution in [-0.4, -0.2) is 17.4 Å². The highest BCUT2D eigenvalue weighted by Crippen LogP contribution is 2.21. The number of benzene rings is 1. The second-order valence-electron chi connectivity index (χ2n) is 4.14. The first kappa shape index (κ1) is 15.5. The predicted octanol–water partition coefficient (Wildman–Crippen LogP) is 4.21. The third-order valence-electron chi connectivity index (χ3n) is 2.60.